The number of methoxy groups -OCH3 is 1. The molecule has 1 aliphatic carbocycles. The highest BCUT2D eigenvalue weighted by atomic mass is 32.2. The number of rotatable bonds is 14. The zero-order chi connectivity index (χ0) is 32.5. The largest absolute Gasteiger partial charge is 0.516 e. The van der Waals surface area contributed by atoms with Crippen molar-refractivity contribution in [1.82, 2.24) is 10.6 Å². The van der Waals surface area contributed by atoms with E-state index in [0.29, 0.717) is 24.6 Å². The van der Waals surface area contributed by atoms with Crippen molar-refractivity contribution in [2.75, 3.05) is 18.4 Å². The molecule has 1 saturated carbocycles. The number of halogens is 3. The first-order valence-electron chi connectivity index (χ1n) is 15.0. The molecule has 2 atom stereocenters. The third kappa shape index (κ3) is 10.2. The summed E-state index contributed by atoms with van der Waals surface area (Å²) in [5, 5.41) is 17.3. The van der Waals surface area contributed by atoms with Crippen molar-refractivity contribution in [2.45, 2.75) is 69.1 Å². The van der Waals surface area contributed by atoms with Crippen molar-refractivity contribution in [1.29, 1.82) is 0 Å². The molecule has 3 aromatic rings. The second-order valence-electron chi connectivity index (χ2n) is 11.5. The quantitative estimate of drug-likeness (QED) is 0.182. The Morgan fingerprint density at radius 2 is 1.64 bits per heavy atom. The smallest absolute Gasteiger partial charge is 0.497 e. The third-order valence-electron chi connectivity index (χ3n) is 7.98. The molecule has 2 unspecified atom stereocenters. The Morgan fingerprint density at radius 1 is 0.956 bits per heavy atom. The minimum atomic E-state index is -5.66. The molecule has 1 aliphatic rings. The summed E-state index contributed by atoms with van der Waals surface area (Å²) >= 11 is 0. The van der Waals surface area contributed by atoms with Gasteiger partial charge in [-0.05, 0) is 65.8 Å². The molecule has 12 heteroatoms. The van der Waals surface area contributed by atoms with Crippen LogP contribution in [0.15, 0.2) is 72.8 Å². The van der Waals surface area contributed by atoms with E-state index in [-0.39, 0.29) is 12.1 Å². The van der Waals surface area contributed by atoms with Gasteiger partial charge in [0, 0.05) is 24.3 Å². The Labute approximate surface area is 262 Å². The summed E-state index contributed by atoms with van der Waals surface area (Å²) in [7, 11) is -4.08. The average Bonchev–Trinajstić information content (AvgIpc) is 3.01. The van der Waals surface area contributed by atoms with Crippen LogP contribution in [0.3, 0.4) is 0 Å². The SMILES string of the molecule is COc1cccc(CNCC(O)C(Cc2cccc(CC3CCCCC3)c2)NC(=O)c2cccc(NS(=O)(=O)C(F)(F)F)c2)c1. The van der Waals surface area contributed by atoms with Crippen molar-refractivity contribution in [3.63, 3.8) is 0 Å². The number of alkyl halides is 3. The van der Waals surface area contributed by atoms with Crippen LogP contribution in [0.1, 0.15) is 59.2 Å². The van der Waals surface area contributed by atoms with Crippen LogP contribution < -0.4 is 20.1 Å². The van der Waals surface area contributed by atoms with Gasteiger partial charge in [-0.1, -0.05) is 74.6 Å². The number of aliphatic hydroxyl groups is 1. The van der Waals surface area contributed by atoms with Crippen LogP contribution in [0.5, 0.6) is 5.75 Å². The fraction of sp³-hybridized carbons (Fsp3) is 0.424. The maximum Gasteiger partial charge on any atom is 0.516 e. The molecule has 0 aromatic heterocycles. The van der Waals surface area contributed by atoms with Crippen molar-refractivity contribution < 1.29 is 36.2 Å². The highest BCUT2D eigenvalue weighted by Crippen LogP contribution is 2.28. The normalized spacial score (nSPS) is 15.7. The zero-order valence-electron chi connectivity index (χ0n) is 25.1. The van der Waals surface area contributed by atoms with Gasteiger partial charge in [0.15, 0.2) is 0 Å². The lowest BCUT2D eigenvalue weighted by atomic mass is 9.84. The number of amides is 1. The third-order valence-corrected chi connectivity index (χ3v) is 9.09. The van der Waals surface area contributed by atoms with Crippen LogP contribution in [0.4, 0.5) is 18.9 Å². The van der Waals surface area contributed by atoms with Crippen LogP contribution in [-0.4, -0.2) is 50.7 Å². The first-order chi connectivity index (χ1) is 21.4. The number of carbonyl (C=O) groups excluding carboxylic acids is 1. The predicted molar refractivity (Wildman–Crippen MR) is 167 cm³/mol. The predicted octanol–water partition coefficient (Wildman–Crippen LogP) is 5.57. The summed E-state index contributed by atoms with van der Waals surface area (Å²) in [6.45, 7) is 0.572. The number of anilines is 1. The van der Waals surface area contributed by atoms with Gasteiger partial charge >= 0.3 is 15.5 Å². The summed E-state index contributed by atoms with van der Waals surface area (Å²) in [6.07, 6.45) is 6.41. The lowest BCUT2D eigenvalue weighted by molar-refractivity contribution is -0.0429. The maximum absolute atomic E-state index is 13.3. The molecule has 3 aromatic carbocycles. The summed E-state index contributed by atoms with van der Waals surface area (Å²) in [5.41, 5.74) is -2.93. The van der Waals surface area contributed by atoms with E-state index in [1.54, 1.807) is 7.11 Å². The molecule has 45 heavy (non-hydrogen) atoms. The summed E-state index contributed by atoms with van der Waals surface area (Å²) < 4.78 is 68.5. The van der Waals surface area contributed by atoms with Gasteiger partial charge in [-0.15, -0.1) is 0 Å². The molecular formula is C33H40F3N3O5S. The monoisotopic (exact) mass is 647 g/mol. The topological polar surface area (TPSA) is 117 Å². The molecule has 0 aliphatic heterocycles. The Balaban J connectivity index is 1.49. The molecular weight excluding hydrogens is 607 g/mol. The lowest BCUT2D eigenvalue weighted by Crippen LogP contribution is -2.48. The first kappa shape index (κ1) is 34.3. The molecule has 0 radical (unpaired) electrons. The van der Waals surface area contributed by atoms with E-state index in [4.69, 9.17) is 4.74 Å². The highest BCUT2D eigenvalue weighted by Gasteiger charge is 2.46. The van der Waals surface area contributed by atoms with Crippen molar-refractivity contribution in [3.8, 4) is 5.75 Å². The second kappa shape index (κ2) is 15.6. The second-order valence-corrected chi connectivity index (χ2v) is 13.2. The van der Waals surface area contributed by atoms with Crippen LogP contribution in [0.25, 0.3) is 0 Å². The van der Waals surface area contributed by atoms with Gasteiger partial charge in [0.2, 0.25) is 0 Å². The number of hydrogen-bond acceptors (Lipinski definition) is 6. The fourth-order valence-electron chi connectivity index (χ4n) is 5.62. The Bertz CT molecular complexity index is 1530. The van der Waals surface area contributed by atoms with Crippen molar-refractivity contribution >= 4 is 21.6 Å². The van der Waals surface area contributed by atoms with Crippen LogP contribution in [-0.2, 0) is 29.4 Å². The Hall–Kier alpha value is -3.61. The summed E-state index contributed by atoms with van der Waals surface area (Å²) in [5.74, 6) is 0.670. The molecule has 1 amide bonds. The minimum Gasteiger partial charge on any atom is -0.497 e. The van der Waals surface area contributed by atoms with Gasteiger partial charge in [0.05, 0.1) is 19.3 Å². The van der Waals surface area contributed by atoms with Crippen molar-refractivity contribution in [2.24, 2.45) is 5.92 Å². The molecule has 4 N–H and O–H groups in total. The highest BCUT2D eigenvalue weighted by molar-refractivity contribution is 7.93. The summed E-state index contributed by atoms with van der Waals surface area (Å²) in [6, 6.07) is 19.6. The van der Waals surface area contributed by atoms with E-state index in [0.717, 1.165) is 29.7 Å². The molecule has 0 bridgehead atoms. The van der Waals surface area contributed by atoms with Gasteiger partial charge in [-0.2, -0.15) is 21.6 Å². The van der Waals surface area contributed by atoms with E-state index in [2.05, 4.69) is 22.8 Å². The Morgan fingerprint density at radius 3 is 2.38 bits per heavy atom. The fourth-order valence-corrected chi connectivity index (χ4v) is 6.18. The van der Waals surface area contributed by atoms with Gasteiger partial charge in [0.25, 0.3) is 5.91 Å². The number of hydrogen-bond donors (Lipinski definition) is 4. The molecule has 0 saturated heterocycles. The molecule has 8 nitrogen and oxygen atoms in total. The molecule has 0 heterocycles. The number of nitrogens with one attached hydrogen (secondary N) is 3. The molecule has 4 rings (SSSR count). The summed E-state index contributed by atoms with van der Waals surface area (Å²) in [4.78, 5) is 13.3. The number of sulfonamides is 1. The van der Waals surface area contributed by atoms with Gasteiger partial charge in [-0.3, -0.25) is 9.52 Å². The number of carbonyl (C=O) groups is 1. The van der Waals surface area contributed by atoms with Crippen LogP contribution in [0.2, 0.25) is 0 Å². The maximum atomic E-state index is 13.3. The number of ether oxygens (including phenoxy) is 1. The van der Waals surface area contributed by atoms with E-state index in [9.17, 15) is 31.5 Å². The molecule has 1 fully saturated rings. The van der Waals surface area contributed by atoms with Gasteiger partial charge in [-0.25, -0.2) is 0 Å². The van der Waals surface area contributed by atoms with E-state index >= 15 is 0 Å². The number of aliphatic hydroxyl groups excluding tert-OH is 1. The number of benzene rings is 3. The van der Waals surface area contributed by atoms with Gasteiger partial charge < -0.3 is 20.5 Å². The molecule has 0 spiro atoms. The first-order valence-corrected chi connectivity index (χ1v) is 16.5. The van der Waals surface area contributed by atoms with E-state index < -0.39 is 39.3 Å². The van der Waals surface area contributed by atoms with E-state index in [1.807, 2.05) is 36.4 Å². The van der Waals surface area contributed by atoms with Gasteiger partial charge in [0.1, 0.15) is 5.75 Å². The minimum absolute atomic E-state index is 0.0648. The average molecular weight is 648 g/mol. The standard InChI is InChI=1S/C33H40F3N3O5S/c1-44-29-15-6-12-26(18-29)21-37-22-31(40)30(19-25-11-5-10-24(17-25)16-23-8-3-2-4-9-23)38-32(41)27-13-7-14-28(20-27)39-45(42,43)33(34,35)36/h5-7,10-15,17-18,20,23,30-31,37,39-40H,2-4,8-9,16,19,21-22H2,1H3,(H,38,41). The molecule has 244 valence electrons. The Kier molecular flexibility index (Phi) is 11.9. The lowest BCUT2D eigenvalue weighted by Gasteiger charge is -2.26. The van der Waals surface area contributed by atoms with Crippen LogP contribution in [0, 0.1) is 5.92 Å². The zero-order valence-corrected chi connectivity index (χ0v) is 26.0. The van der Waals surface area contributed by atoms with Crippen LogP contribution >= 0.6 is 0 Å². The van der Waals surface area contributed by atoms with Crippen molar-refractivity contribution in [3.05, 3.63) is 95.1 Å². The van der Waals surface area contributed by atoms with E-state index in [1.165, 1.54) is 54.5 Å².